The number of nitrogens with zero attached hydrogens (tertiary/aromatic N) is 3. The summed E-state index contributed by atoms with van der Waals surface area (Å²) in [5.74, 6) is -1.38. The molecule has 0 spiro atoms. The molecule has 0 aromatic heterocycles. The molecule has 4 amide bonds. The van der Waals surface area contributed by atoms with Gasteiger partial charge in [0.05, 0.1) is 37.1 Å². The van der Waals surface area contributed by atoms with Gasteiger partial charge in [-0.05, 0) is 42.8 Å². The minimum atomic E-state index is -1.04. The Morgan fingerprint density at radius 3 is 2.22 bits per heavy atom. The lowest BCUT2D eigenvalue weighted by molar-refractivity contribution is -0.137. The number of amides is 4. The zero-order chi connectivity index (χ0) is 32.5. The van der Waals surface area contributed by atoms with Crippen LogP contribution in [0, 0.1) is 6.92 Å². The number of piperazine rings is 1. The monoisotopic (exact) mass is 629 g/mol. The summed E-state index contributed by atoms with van der Waals surface area (Å²) in [5, 5.41) is 15.3. The molecule has 242 valence electrons. The van der Waals surface area contributed by atoms with Gasteiger partial charge in [-0.1, -0.05) is 48.0 Å². The first-order valence-corrected chi connectivity index (χ1v) is 15.3. The normalized spacial score (nSPS) is 15.5. The molecule has 0 radical (unpaired) electrons. The van der Waals surface area contributed by atoms with E-state index in [4.69, 9.17) is 9.47 Å². The Morgan fingerprint density at radius 1 is 0.870 bits per heavy atom. The molecule has 12 nitrogen and oxygen atoms in total. The van der Waals surface area contributed by atoms with Crippen molar-refractivity contribution in [1.29, 1.82) is 0 Å². The number of rotatable bonds is 10. The summed E-state index contributed by atoms with van der Waals surface area (Å²) in [6.07, 6.45) is -0.291. The summed E-state index contributed by atoms with van der Waals surface area (Å²) < 4.78 is 11.0. The van der Waals surface area contributed by atoms with Gasteiger partial charge in [0.25, 0.3) is 11.8 Å². The number of nitrogens with one attached hydrogen (secondary N) is 2. The maximum Gasteiger partial charge on any atom is 0.320 e. The first-order valence-electron chi connectivity index (χ1n) is 15.3. The van der Waals surface area contributed by atoms with Gasteiger partial charge in [0.2, 0.25) is 0 Å². The number of aliphatic carboxylic acids is 1. The number of ether oxygens (including phenoxy) is 2. The third-order valence-corrected chi connectivity index (χ3v) is 7.98. The Morgan fingerprint density at radius 2 is 1.54 bits per heavy atom. The van der Waals surface area contributed by atoms with E-state index in [2.05, 4.69) is 15.5 Å². The topological polar surface area (TPSA) is 141 Å². The second-order valence-corrected chi connectivity index (χ2v) is 11.3. The average Bonchev–Trinajstić information content (AvgIpc) is 3.08. The molecule has 3 aromatic carbocycles. The van der Waals surface area contributed by atoms with Gasteiger partial charge < -0.3 is 39.9 Å². The number of morpholine rings is 1. The van der Waals surface area contributed by atoms with Crippen LogP contribution in [0.1, 0.15) is 33.9 Å². The number of urea groups is 1. The fraction of sp³-hybridized carbons (Fsp3) is 0.353. The number of carbonyl (C=O) groups is 4. The molecule has 1 unspecified atom stereocenters. The van der Waals surface area contributed by atoms with Gasteiger partial charge in [0, 0.05) is 44.8 Å². The Labute approximate surface area is 267 Å². The van der Waals surface area contributed by atoms with Crippen molar-refractivity contribution in [2.75, 3.05) is 69.3 Å². The summed E-state index contributed by atoms with van der Waals surface area (Å²) >= 11 is 0. The van der Waals surface area contributed by atoms with Gasteiger partial charge in [0.15, 0.2) is 6.61 Å². The molecule has 12 heteroatoms. The van der Waals surface area contributed by atoms with Crippen molar-refractivity contribution in [3.63, 3.8) is 0 Å². The van der Waals surface area contributed by atoms with E-state index in [-0.39, 0.29) is 24.6 Å². The van der Waals surface area contributed by atoms with Crippen LogP contribution in [0.15, 0.2) is 72.8 Å². The van der Waals surface area contributed by atoms with Crippen LogP contribution < -0.4 is 20.3 Å². The minimum absolute atomic E-state index is 0.00829. The Bertz CT molecular complexity index is 1520. The summed E-state index contributed by atoms with van der Waals surface area (Å²) in [6, 6.07) is 20.6. The zero-order valence-corrected chi connectivity index (χ0v) is 25.8. The number of carbonyl (C=O) groups excluding carboxylic acids is 3. The van der Waals surface area contributed by atoms with Crippen molar-refractivity contribution in [3.8, 4) is 5.75 Å². The molecule has 46 heavy (non-hydrogen) atoms. The fourth-order valence-electron chi connectivity index (χ4n) is 5.47. The zero-order valence-electron chi connectivity index (χ0n) is 25.8. The van der Waals surface area contributed by atoms with Crippen molar-refractivity contribution in [1.82, 2.24) is 15.1 Å². The molecule has 3 N–H and O–H groups in total. The lowest BCUT2D eigenvalue weighted by atomic mass is 10.0. The number of aryl methyl sites for hydroxylation is 1. The molecule has 2 fully saturated rings. The van der Waals surface area contributed by atoms with Crippen LogP contribution in [0.5, 0.6) is 5.75 Å². The number of hydrogen-bond donors (Lipinski definition) is 3. The third-order valence-electron chi connectivity index (χ3n) is 7.98. The predicted octanol–water partition coefficient (Wildman–Crippen LogP) is 3.53. The highest BCUT2D eigenvalue weighted by Gasteiger charge is 2.28. The lowest BCUT2D eigenvalue weighted by Gasteiger charge is -2.39. The van der Waals surface area contributed by atoms with Crippen LogP contribution >= 0.6 is 0 Å². The smallest absolute Gasteiger partial charge is 0.320 e. The highest BCUT2D eigenvalue weighted by molar-refractivity contribution is 6.00. The molecular weight excluding hydrogens is 590 g/mol. The molecule has 2 heterocycles. The second kappa shape index (κ2) is 15.3. The third kappa shape index (κ3) is 8.54. The van der Waals surface area contributed by atoms with E-state index in [1.165, 1.54) is 0 Å². The molecule has 3 aromatic rings. The van der Waals surface area contributed by atoms with Crippen molar-refractivity contribution in [3.05, 3.63) is 89.5 Å². The largest absolute Gasteiger partial charge is 0.484 e. The molecule has 0 saturated carbocycles. The lowest BCUT2D eigenvalue weighted by Crippen LogP contribution is -2.55. The van der Waals surface area contributed by atoms with Crippen molar-refractivity contribution in [2.45, 2.75) is 19.4 Å². The average molecular weight is 630 g/mol. The second-order valence-electron chi connectivity index (χ2n) is 11.3. The fourth-order valence-corrected chi connectivity index (χ4v) is 5.47. The number of carboxylic acid groups (broad SMARTS) is 1. The van der Waals surface area contributed by atoms with E-state index < -0.39 is 23.8 Å². The van der Waals surface area contributed by atoms with Crippen LogP contribution in [0.3, 0.4) is 0 Å². The molecule has 1 atom stereocenters. The van der Waals surface area contributed by atoms with Crippen molar-refractivity contribution < 1.29 is 33.8 Å². The van der Waals surface area contributed by atoms with Gasteiger partial charge >= 0.3 is 12.0 Å². The SMILES string of the molecule is Cc1ccc(C(CC(=O)O)NC(=O)c2ccc(N3CCN(C(=O)N4CCOCC4)CC3)c(NC(=O)COc3ccccc3)c2)cc1. The first kappa shape index (κ1) is 32.3. The van der Waals surface area contributed by atoms with E-state index in [1.54, 1.807) is 47.4 Å². The maximum atomic E-state index is 13.5. The van der Waals surface area contributed by atoms with Crippen LogP contribution in [-0.2, 0) is 14.3 Å². The van der Waals surface area contributed by atoms with Crippen molar-refractivity contribution >= 4 is 35.2 Å². The van der Waals surface area contributed by atoms with Gasteiger partial charge in [-0.3, -0.25) is 14.4 Å². The van der Waals surface area contributed by atoms with Crippen molar-refractivity contribution in [2.24, 2.45) is 0 Å². The summed E-state index contributed by atoms with van der Waals surface area (Å²) in [7, 11) is 0. The van der Waals surface area contributed by atoms with E-state index in [1.807, 2.05) is 42.2 Å². The van der Waals surface area contributed by atoms with Gasteiger partial charge in [0.1, 0.15) is 5.75 Å². The van der Waals surface area contributed by atoms with Crippen LogP contribution in [0.25, 0.3) is 0 Å². The number of anilines is 2. The Kier molecular flexibility index (Phi) is 10.7. The van der Waals surface area contributed by atoms with Crippen LogP contribution in [0.4, 0.5) is 16.2 Å². The molecule has 2 saturated heterocycles. The maximum absolute atomic E-state index is 13.5. The van der Waals surface area contributed by atoms with E-state index >= 15 is 0 Å². The molecule has 0 aliphatic carbocycles. The standard InChI is InChI=1S/C34H39N5O7/c1-24-7-9-25(10-8-24)28(22-32(41)42)36-33(43)26-11-12-30(29(21-26)35-31(40)23-46-27-5-3-2-4-6-27)37-13-15-38(16-14-37)34(44)39-17-19-45-20-18-39/h2-12,21,28H,13-20,22-23H2,1H3,(H,35,40)(H,36,43)(H,41,42). The van der Waals surface area contributed by atoms with Crippen LogP contribution in [-0.4, -0.2) is 97.8 Å². The number of carboxylic acids is 1. The Hall–Kier alpha value is -5.10. The van der Waals surface area contributed by atoms with Gasteiger partial charge in [-0.15, -0.1) is 0 Å². The van der Waals surface area contributed by atoms with Gasteiger partial charge in [-0.2, -0.15) is 0 Å². The summed E-state index contributed by atoms with van der Waals surface area (Å²) in [6.45, 7) is 5.94. The van der Waals surface area contributed by atoms with Crippen LogP contribution in [0.2, 0.25) is 0 Å². The number of para-hydroxylation sites is 1. The van der Waals surface area contributed by atoms with Gasteiger partial charge in [-0.25, -0.2) is 4.79 Å². The summed E-state index contributed by atoms with van der Waals surface area (Å²) in [5.41, 5.74) is 3.06. The quantitative estimate of drug-likeness (QED) is 0.310. The van der Waals surface area contributed by atoms with E-state index in [0.717, 1.165) is 5.56 Å². The van der Waals surface area contributed by atoms with E-state index in [0.29, 0.717) is 75.2 Å². The molecule has 0 bridgehead atoms. The Balaban J connectivity index is 1.33. The number of benzene rings is 3. The highest BCUT2D eigenvalue weighted by atomic mass is 16.5. The molecule has 2 aliphatic rings. The summed E-state index contributed by atoms with van der Waals surface area (Å²) in [4.78, 5) is 56.9. The number of hydrogen-bond acceptors (Lipinski definition) is 7. The first-order chi connectivity index (χ1) is 22.3. The minimum Gasteiger partial charge on any atom is -0.484 e. The predicted molar refractivity (Wildman–Crippen MR) is 172 cm³/mol. The molecule has 2 aliphatic heterocycles. The van der Waals surface area contributed by atoms with E-state index in [9.17, 15) is 24.3 Å². The molecule has 5 rings (SSSR count). The highest BCUT2D eigenvalue weighted by Crippen LogP contribution is 2.29. The molecular formula is C34H39N5O7.